The highest BCUT2D eigenvalue weighted by molar-refractivity contribution is 7.16. The zero-order valence-electron chi connectivity index (χ0n) is 10.2. The van der Waals surface area contributed by atoms with Gasteiger partial charge >= 0.3 is 0 Å². The topological polar surface area (TPSA) is 38.0 Å². The van der Waals surface area contributed by atoms with Crippen LogP contribution < -0.4 is 11.1 Å². The van der Waals surface area contributed by atoms with Gasteiger partial charge in [-0.1, -0.05) is 30.9 Å². The van der Waals surface area contributed by atoms with Crippen molar-refractivity contribution in [1.82, 2.24) is 5.32 Å². The summed E-state index contributed by atoms with van der Waals surface area (Å²) in [6.45, 7) is 1.92. The molecule has 17 heavy (non-hydrogen) atoms. The van der Waals surface area contributed by atoms with E-state index in [2.05, 4.69) is 11.4 Å². The summed E-state index contributed by atoms with van der Waals surface area (Å²) in [7, 11) is 0. The molecule has 0 atom stereocenters. The number of hydrogen-bond donors (Lipinski definition) is 2. The minimum absolute atomic E-state index is 0.0956. The first-order valence-electron chi connectivity index (χ1n) is 6.42. The lowest BCUT2D eigenvalue weighted by atomic mass is 9.80. The molecule has 1 aromatic heterocycles. The van der Waals surface area contributed by atoms with Gasteiger partial charge in [0.05, 0.1) is 4.34 Å². The molecule has 0 aromatic carbocycles. The van der Waals surface area contributed by atoms with E-state index in [4.69, 9.17) is 17.3 Å². The van der Waals surface area contributed by atoms with Gasteiger partial charge in [-0.15, -0.1) is 11.3 Å². The maximum atomic E-state index is 6.38. The standard InChI is InChI=1S/C13H21ClN2S/c14-12-5-4-11(17-12)10-16-9-8-13(15)6-2-1-3-7-13/h4-5,16H,1-3,6-10,15H2. The molecular weight excluding hydrogens is 252 g/mol. The lowest BCUT2D eigenvalue weighted by Crippen LogP contribution is -2.43. The normalized spacial score (nSPS) is 19.4. The molecule has 2 nitrogen and oxygen atoms in total. The van der Waals surface area contributed by atoms with Gasteiger partial charge in [0.25, 0.3) is 0 Å². The Morgan fingerprint density at radius 3 is 2.71 bits per heavy atom. The first-order valence-corrected chi connectivity index (χ1v) is 7.61. The van der Waals surface area contributed by atoms with Gasteiger partial charge in [-0.2, -0.15) is 0 Å². The van der Waals surface area contributed by atoms with E-state index in [0.717, 1.165) is 23.8 Å². The molecule has 96 valence electrons. The molecule has 0 spiro atoms. The van der Waals surface area contributed by atoms with Crippen LogP contribution in [0.4, 0.5) is 0 Å². The van der Waals surface area contributed by atoms with E-state index in [1.54, 1.807) is 11.3 Å². The second-order valence-corrected chi connectivity index (χ2v) is 6.86. The molecule has 1 heterocycles. The average Bonchev–Trinajstić information content (AvgIpc) is 2.72. The number of halogens is 1. The van der Waals surface area contributed by atoms with Gasteiger partial charge in [0.15, 0.2) is 0 Å². The molecule has 4 heteroatoms. The average molecular weight is 273 g/mol. The highest BCUT2D eigenvalue weighted by Crippen LogP contribution is 2.28. The van der Waals surface area contributed by atoms with Crippen LogP contribution in [0.1, 0.15) is 43.4 Å². The van der Waals surface area contributed by atoms with Crippen molar-refractivity contribution in [1.29, 1.82) is 0 Å². The molecule has 2 rings (SSSR count). The van der Waals surface area contributed by atoms with E-state index in [9.17, 15) is 0 Å². The summed E-state index contributed by atoms with van der Waals surface area (Å²) in [5, 5.41) is 3.46. The van der Waals surface area contributed by atoms with E-state index in [1.807, 2.05) is 6.07 Å². The SMILES string of the molecule is NC1(CCNCc2ccc(Cl)s2)CCCCC1. The molecule has 0 aliphatic heterocycles. The van der Waals surface area contributed by atoms with Crippen LogP contribution in [0.25, 0.3) is 0 Å². The molecule has 1 aliphatic rings. The summed E-state index contributed by atoms with van der Waals surface area (Å²) in [6.07, 6.45) is 7.44. The van der Waals surface area contributed by atoms with E-state index in [1.165, 1.54) is 37.0 Å². The Hall–Kier alpha value is -0.0900. The van der Waals surface area contributed by atoms with E-state index >= 15 is 0 Å². The monoisotopic (exact) mass is 272 g/mol. The zero-order chi connectivity index (χ0) is 12.1. The fourth-order valence-electron chi connectivity index (χ4n) is 2.50. The van der Waals surface area contributed by atoms with E-state index in [-0.39, 0.29) is 5.54 Å². The smallest absolute Gasteiger partial charge is 0.0931 e. The van der Waals surface area contributed by atoms with Crippen LogP contribution in [-0.4, -0.2) is 12.1 Å². The van der Waals surface area contributed by atoms with E-state index < -0.39 is 0 Å². The van der Waals surface area contributed by atoms with Gasteiger partial charge in [-0.3, -0.25) is 0 Å². The van der Waals surface area contributed by atoms with Crippen molar-refractivity contribution in [2.75, 3.05) is 6.54 Å². The van der Waals surface area contributed by atoms with Crippen LogP contribution in [-0.2, 0) is 6.54 Å². The molecule has 0 radical (unpaired) electrons. The van der Waals surface area contributed by atoms with Crippen LogP contribution in [0.15, 0.2) is 12.1 Å². The summed E-state index contributed by atoms with van der Waals surface area (Å²) in [5.74, 6) is 0. The van der Waals surface area contributed by atoms with Crippen molar-refractivity contribution < 1.29 is 0 Å². The van der Waals surface area contributed by atoms with Crippen LogP contribution in [0.2, 0.25) is 4.34 Å². The van der Waals surface area contributed by atoms with Crippen molar-refractivity contribution in [3.8, 4) is 0 Å². The third-order valence-electron chi connectivity index (χ3n) is 3.58. The van der Waals surface area contributed by atoms with Crippen molar-refractivity contribution in [2.45, 2.75) is 50.6 Å². The Balaban J connectivity index is 1.65. The van der Waals surface area contributed by atoms with Crippen LogP contribution >= 0.6 is 22.9 Å². The fourth-order valence-corrected chi connectivity index (χ4v) is 3.56. The molecular formula is C13H21ClN2S. The van der Waals surface area contributed by atoms with Crippen molar-refractivity contribution >= 4 is 22.9 Å². The van der Waals surface area contributed by atoms with Crippen molar-refractivity contribution in [2.24, 2.45) is 5.73 Å². The third-order valence-corrected chi connectivity index (χ3v) is 4.81. The van der Waals surface area contributed by atoms with Gasteiger partial charge in [0.2, 0.25) is 0 Å². The Morgan fingerprint density at radius 2 is 2.06 bits per heavy atom. The highest BCUT2D eigenvalue weighted by atomic mass is 35.5. The second kappa shape index (κ2) is 6.19. The molecule has 3 N–H and O–H groups in total. The zero-order valence-corrected chi connectivity index (χ0v) is 11.7. The molecule has 1 fully saturated rings. The van der Waals surface area contributed by atoms with Crippen molar-refractivity contribution in [3.63, 3.8) is 0 Å². The molecule has 1 aromatic rings. The lowest BCUT2D eigenvalue weighted by Gasteiger charge is -2.33. The predicted octanol–water partition coefficient (Wildman–Crippen LogP) is 3.54. The first-order chi connectivity index (χ1) is 8.18. The number of rotatable bonds is 5. The van der Waals surface area contributed by atoms with Crippen LogP contribution in [0, 0.1) is 0 Å². The molecule has 1 saturated carbocycles. The van der Waals surface area contributed by atoms with Gasteiger partial charge in [-0.05, 0) is 37.9 Å². The summed E-state index contributed by atoms with van der Waals surface area (Å²) in [6, 6.07) is 4.04. The largest absolute Gasteiger partial charge is 0.325 e. The van der Waals surface area contributed by atoms with Crippen molar-refractivity contribution in [3.05, 3.63) is 21.3 Å². The quantitative estimate of drug-likeness (QED) is 0.805. The van der Waals surface area contributed by atoms with Gasteiger partial charge in [0, 0.05) is 17.0 Å². The first kappa shape index (κ1) is 13.3. The fraction of sp³-hybridized carbons (Fsp3) is 0.692. The van der Waals surface area contributed by atoms with Gasteiger partial charge in [0.1, 0.15) is 0 Å². The predicted molar refractivity (Wildman–Crippen MR) is 75.7 cm³/mol. The Kier molecular flexibility index (Phi) is 4.86. The number of thiophene rings is 1. The molecule has 0 bridgehead atoms. The Morgan fingerprint density at radius 1 is 1.29 bits per heavy atom. The molecule has 0 unspecified atom stereocenters. The number of nitrogens with one attached hydrogen (secondary N) is 1. The van der Waals surface area contributed by atoms with Gasteiger partial charge < -0.3 is 11.1 Å². The Bertz CT molecular complexity index is 345. The summed E-state index contributed by atoms with van der Waals surface area (Å²) in [5.41, 5.74) is 6.48. The summed E-state index contributed by atoms with van der Waals surface area (Å²) in [4.78, 5) is 1.30. The van der Waals surface area contributed by atoms with E-state index in [0.29, 0.717) is 0 Å². The van der Waals surface area contributed by atoms with Crippen LogP contribution in [0.3, 0.4) is 0 Å². The Labute approximate surface area is 113 Å². The number of hydrogen-bond acceptors (Lipinski definition) is 3. The third kappa shape index (κ3) is 4.25. The minimum atomic E-state index is 0.0956. The van der Waals surface area contributed by atoms with Gasteiger partial charge in [-0.25, -0.2) is 0 Å². The molecule has 0 amide bonds. The minimum Gasteiger partial charge on any atom is -0.325 e. The highest BCUT2D eigenvalue weighted by Gasteiger charge is 2.26. The number of nitrogens with two attached hydrogens (primary N) is 1. The summed E-state index contributed by atoms with van der Waals surface area (Å²) < 4.78 is 0.865. The lowest BCUT2D eigenvalue weighted by molar-refractivity contribution is 0.275. The molecule has 1 aliphatic carbocycles. The summed E-state index contributed by atoms with van der Waals surface area (Å²) >= 11 is 7.53. The molecule has 0 saturated heterocycles. The second-order valence-electron chi connectivity index (χ2n) is 5.06. The maximum Gasteiger partial charge on any atom is 0.0931 e. The maximum absolute atomic E-state index is 6.38. The van der Waals surface area contributed by atoms with Crippen LogP contribution in [0.5, 0.6) is 0 Å².